The highest BCUT2D eigenvalue weighted by Crippen LogP contribution is 2.59. The molecule has 0 unspecified atom stereocenters. The van der Waals surface area contributed by atoms with Crippen molar-refractivity contribution in [1.82, 2.24) is 0 Å². The molecule has 2 aromatic rings. The molecule has 29 heavy (non-hydrogen) atoms. The van der Waals surface area contributed by atoms with Gasteiger partial charge in [-0.2, -0.15) is 0 Å². The molecule has 3 aliphatic rings. The van der Waals surface area contributed by atoms with Crippen molar-refractivity contribution in [3.63, 3.8) is 0 Å². The van der Waals surface area contributed by atoms with Gasteiger partial charge in [0.1, 0.15) is 0 Å². The molecule has 0 saturated carbocycles. The lowest BCUT2D eigenvalue weighted by molar-refractivity contribution is 1.18. The Balaban J connectivity index is 1.94. The molecule has 0 fully saturated rings. The maximum Gasteiger partial charge on any atom is 0.0988 e. The first-order valence-corrected chi connectivity index (χ1v) is 13.8. The smallest absolute Gasteiger partial charge is 0.0988 e. The first-order valence-electron chi connectivity index (χ1n) is 10.00. The van der Waals surface area contributed by atoms with Crippen molar-refractivity contribution in [3.8, 4) is 0 Å². The van der Waals surface area contributed by atoms with Crippen LogP contribution in [-0.4, -0.2) is 40.0 Å². The normalized spacial score (nSPS) is 20.8. The molecule has 0 amide bonds. The average molecular weight is 435 g/mol. The van der Waals surface area contributed by atoms with Crippen LogP contribution in [0.4, 0.5) is 0 Å². The maximum atomic E-state index is 4.97. The standard InChI is InChI=1S/C24H23N2PS2/c1-3-9-19(10-4-1)27(20-11-5-2-6-12-20)21(23-25-15-17-28-23)13-7-8-14-22(27)24-26-16-18-29-24/h1-13H,14-18H2. The summed E-state index contributed by atoms with van der Waals surface area (Å²) in [6, 6.07) is 22.2. The van der Waals surface area contributed by atoms with Crippen molar-refractivity contribution >= 4 is 56.4 Å². The molecule has 3 aliphatic heterocycles. The fourth-order valence-electron chi connectivity index (χ4n) is 4.22. The van der Waals surface area contributed by atoms with Gasteiger partial charge in [-0.05, 0) is 29.2 Å². The second-order valence-corrected chi connectivity index (χ2v) is 12.6. The summed E-state index contributed by atoms with van der Waals surface area (Å²) in [6.45, 7) is -0.210. The lowest BCUT2D eigenvalue weighted by Gasteiger charge is -2.34. The summed E-state index contributed by atoms with van der Waals surface area (Å²) in [5, 5.41) is 8.18. The summed E-state index contributed by atoms with van der Waals surface area (Å²) in [4.78, 5) is 9.92. The molecule has 0 radical (unpaired) electrons. The molecule has 0 atom stereocenters. The fourth-order valence-corrected chi connectivity index (χ4v) is 11.4. The lowest BCUT2D eigenvalue weighted by Crippen LogP contribution is -2.28. The van der Waals surface area contributed by atoms with E-state index in [1.165, 1.54) is 31.3 Å². The van der Waals surface area contributed by atoms with Gasteiger partial charge in [0.15, 0.2) is 0 Å². The third kappa shape index (κ3) is 3.42. The molecule has 0 bridgehead atoms. The molecule has 2 nitrogen and oxygen atoms in total. The number of benzene rings is 2. The van der Waals surface area contributed by atoms with E-state index in [-0.39, 0.29) is 0 Å². The van der Waals surface area contributed by atoms with Crippen LogP contribution < -0.4 is 10.6 Å². The zero-order chi connectivity index (χ0) is 19.5. The van der Waals surface area contributed by atoms with Crippen LogP contribution in [0.2, 0.25) is 0 Å². The summed E-state index contributed by atoms with van der Waals surface area (Å²) in [7, 11) is 0. The number of thioether (sulfide) groups is 2. The van der Waals surface area contributed by atoms with Crippen LogP contribution in [0.15, 0.2) is 94.2 Å². The second kappa shape index (κ2) is 8.55. The van der Waals surface area contributed by atoms with Crippen molar-refractivity contribution < 1.29 is 0 Å². The van der Waals surface area contributed by atoms with E-state index in [0.717, 1.165) is 31.0 Å². The molecule has 146 valence electrons. The van der Waals surface area contributed by atoms with Crippen LogP contribution in [0.5, 0.6) is 0 Å². The van der Waals surface area contributed by atoms with Crippen molar-refractivity contribution in [2.45, 2.75) is 6.42 Å². The highest BCUT2D eigenvalue weighted by Gasteiger charge is 2.37. The van der Waals surface area contributed by atoms with E-state index in [0.29, 0.717) is 0 Å². The molecule has 0 aromatic heterocycles. The van der Waals surface area contributed by atoms with Crippen LogP contribution >= 0.6 is 30.4 Å². The zero-order valence-electron chi connectivity index (χ0n) is 16.2. The Labute approximate surface area is 181 Å². The Morgan fingerprint density at radius 3 is 1.86 bits per heavy atom. The highest BCUT2D eigenvalue weighted by molar-refractivity contribution is 8.19. The van der Waals surface area contributed by atoms with Crippen molar-refractivity contribution in [2.75, 3.05) is 24.6 Å². The molecule has 0 aliphatic carbocycles. The third-order valence-corrected chi connectivity index (χ3v) is 12.2. The number of allylic oxidation sites excluding steroid dienone is 3. The Morgan fingerprint density at radius 1 is 0.724 bits per heavy atom. The summed E-state index contributed by atoms with van der Waals surface area (Å²) in [5.74, 6) is 2.16. The van der Waals surface area contributed by atoms with Gasteiger partial charge in [0, 0.05) is 29.9 Å². The molecule has 2 aromatic carbocycles. The predicted molar refractivity (Wildman–Crippen MR) is 135 cm³/mol. The third-order valence-electron chi connectivity index (χ3n) is 5.39. The van der Waals surface area contributed by atoms with Crippen LogP contribution in [0.25, 0.3) is 0 Å². The summed E-state index contributed by atoms with van der Waals surface area (Å²) in [5.41, 5.74) is 0. The van der Waals surface area contributed by atoms with Gasteiger partial charge in [-0.15, -0.1) is 23.5 Å². The Kier molecular flexibility index (Phi) is 5.67. The van der Waals surface area contributed by atoms with Gasteiger partial charge in [-0.3, -0.25) is 9.98 Å². The number of nitrogens with zero attached hydrogens (tertiary/aromatic N) is 2. The van der Waals surface area contributed by atoms with E-state index >= 15 is 0 Å². The largest absolute Gasteiger partial charge is 0.277 e. The monoisotopic (exact) mass is 434 g/mol. The van der Waals surface area contributed by atoms with E-state index in [4.69, 9.17) is 9.98 Å². The van der Waals surface area contributed by atoms with E-state index in [1.54, 1.807) is 0 Å². The van der Waals surface area contributed by atoms with Gasteiger partial charge in [0.05, 0.1) is 10.1 Å². The van der Waals surface area contributed by atoms with Crippen LogP contribution in [0.1, 0.15) is 6.42 Å². The molecule has 3 heterocycles. The topological polar surface area (TPSA) is 24.7 Å². The molecule has 5 rings (SSSR count). The quantitative estimate of drug-likeness (QED) is 0.636. The van der Waals surface area contributed by atoms with E-state index in [2.05, 4.69) is 78.9 Å². The fraction of sp³-hybridized carbons (Fsp3) is 0.208. The van der Waals surface area contributed by atoms with Crippen molar-refractivity contribution in [3.05, 3.63) is 84.2 Å². The van der Waals surface area contributed by atoms with Gasteiger partial charge < -0.3 is 0 Å². The lowest BCUT2D eigenvalue weighted by atomic mass is 10.3. The van der Waals surface area contributed by atoms with Crippen molar-refractivity contribution in [2.24, 2.45) is 9.98 Å². The van der Waals surface area contributed by atoms with Crippen molar-refractivity contribution in [1.29, 1.82) is 0 Å². The summed E-state index contributed by atoms with van der Waals surface area (Å²) >= 11 is 3.84. The van der Waals surface area contributed by atoms with Crippen LogP contribution in [0, 0.1) is 0 Å². The number of hydrogen-bond acceptors (Lipinski definition) is 4. The first kappa shape index (κ1) is 19.2. The summed E-state index contributed by atoms with van der Waals surface area (Å²) in [6.07, 6.45) is 7.84. The van der Waals surface area contributed by atoms with Gasteiger partial charge in [0.25, 0.3) is 0 Å². The Bertz CT molecular complexity index is 1040. The minimum Gasteiger partial charge on any atom is -0.277 e. The molecular formula is C24H23N2PS2. The van der Waals surface area contributed by atoms with Gasteiger partial charge in [-0.25, -0.2) is 0 Å². The predicted octanol–water partition coefficient (Wildman–Crippen LogP) is 4.96. The summed E-state index contributed by atoms with van der Waals surface area (Å²) < 4.78 is 0. The minimum absolute atomic E-state index is 0.912. The molecule has 0 spiro atoms. The van der Waals surface area contributed by atoms with Gasteiger partial charge in [-0.1, -0.05) is 78.9 Å². The van der Waals surface area contributed by atoms with Gasteiger partial charge in [0.2, 0.25) is 0 Å². The zero-order valence-corrected chi connectivity index (χ0v) is 18.7. The number of hydrogen-bond donors (Lipinski definition) is 0. The Morgan fingerprint density at radius 2 is 1.31 bits per heavy atom. The number of aliphatic imine (C=N–C) groups is 2. The highest BCUT2D eigenvalue weighted by atomic mass is 32.2. The van der Waals surface area contributed by atoms with E-state index in [1.807, 2.05) is 23.5 Å². The maximum absolute atomic E-state index is 4.97. The molecule has 0 N–H and O–H groups in total. The van der Waals surface area contributed by atoms with Crippen LogP contribution in [0.3, 0.4) is 0 Å². The molecule has 0 saturated heterocycles. The molecular weight excluding hydrogens is 411 g/mol. The molecule has 5 heteroatoms. The SMILES string of the molecule is C1=CCC(C2=NCCS2)=P(c2ccccc2)(c2ccccc2)C(C2=NCCS2)=C1. The Hall–Kier alpha value is -1.74. The van der Waals surface area contributed by atoms with Gasteiger partial charge >= 0.3 is 0 Å². The van der Waals surface area contributed by atoms with E-state index < -0.39 is 6.89 Å². The average Bonchev–Trinajstić information content (AvgIpc) is 3.47. The van der Waals surface area contributed by atoms with Crippen LogP contribution in [-0.2, 0) is 0 Å². The minimum atomic E-state index is -2.05. The first-order chi connectivity index (χ1) is 14.4. The number of rotatable bonds is 4. The second-order valence-electron chi connectivity index (χ2n) is 7.04. The van der Waals surface area contributed by atoms with E-state index in [9.17, 15) is 0 Å².